The van der Waals surface area contributed by atoms with Crippen LogP contribution in [0.25, 0.3) is 0 Å². The van der Waals surface area contributed by atoms with Gasteiger partial charge in [0, 0.05) is 15.5 Å². The molecule has 2 aromatic heterocycles. The maximum atomic E-state index is 6.13. The number of hydrogen-bond acceptors (Lipinski definition) is 3. The molecule has 19 heavy (non-hydrogen) atoms. The van der Waals surface area contributed by atoms with E-state index in [0.29, 0.717) is 5.15 Å². The van der Waals surface area contributed by atoms with Gasteiger partial charge in [-0.2, -0.15) is 0 Å². The van der Waals surface area contributed by atoms with E-state index in [1.54, 1.807) is 17.5 Å². The van der Waals surface area contributed by atoms with Crippen LogP contribution in [0.3, 0.4) is 0 Å². The number of nitrogens with zero attached hydrogens (tertiary/aromatic N) is 1. The van der Waals surface area contributed by atoms with Crippen molar-refractivity contribution >= 4 is 56.2 Å². The number of aromatic nitrogens is 1. The van der Waals surface area contributed by atoms with E-state index < -0.39 is 0 Å². The van der Waals surface area contributed by atoms with Gasteiger partial charge in [0.2, 0.25) is 0 Å². The normalized spacial score (nSPS) is 18.2. The monoisotopic (exact) mass is 376 g/mol. The first kappa shape index (κ1) is 13.7. The van der Waals surface area contributed by atoms with Gasteiger partial charge in [0.15, 0.2) is 5.15 Å². The van der Waals surface area contributed by atoms with Crippen molar-refractivity contribution in [3.05, 3.63) is 42.7 Å². The lowest BCUT2D eigenvalue weighted by Crippen LogP contribution is -2.16. The fraction of sp³-hybridized carbons (Fsp3) is 0.308. The van der Waals surface area contributed by atoms with E-state index >= 15 is 0 Å². The molecule has 1 aliphatic carbocycles. The molecule has 2 nitrogen and oxygen atoms in total. The molecule has 0 aromatic carbocycles. The van der Waals surface area contributed by atoms with Crippen LogP contribution in [0.15, 0.2) is 22.8 Å². The van der Waals surface area contributed by atoms with E-state index in [9.17, 15) is 0 Å². The molecule has 3 rings (SSSR count). The van der Waals surface area contributed by atoms with Crippen molar-refractivity contribution in [1.29, 1.82) is 0 Å². The molecule has 0 bridgehead atoms. The molecule has 2 aromatic rings. The smallest absolute Gasteiger partial charge is 0.152 e. The molecular formula is C13H11BrCl2N2S. The van der Waals surface area contributed by atoms with Crippen LogP contribution in [-0.4, -0.2) is 4.98 Å². The Kier molecular flexibility index (Phi) is 4.03. The van der Waals surface area contributed by atoms with E-state index in [4.69, 9.17) is 23.2 Å². The highest BCUT2D eigenvalue weighted by atomic mass is 79.9. The molecule has 1 unspecified atom stereocenters. The van der Waals surface area contributed by atoms with Crippen LogP contribution in [0.5, 0.6) is 0 Å². The maximum absolute atomic E-state index is 6.13. The van der Waals surface area contributed by atoms with Gasteiger partial charge in [-0.3, -0.25) is 0 Å². The average Bonchev–Trinajstić information content (AvgIpc) is 2.75. The van der Waals surface area contributed by atoms with Gasteiger partial charge in [-0.1, -0.05) is 23.2 Å². The summed E-state index contributed by atoms with van der Waals surface area (Å²) in [4.78, 5) is 5.52. The van der Waals surface area contributed by atoms with E-state index in [-0.39, 0.29) is 6.04 Å². The Morgan fingerprint density at radius 2 is 2.21 bits per heavy atom. The van der Waals surface area contributed by atoms with Gasteiger partial charge in [0.25, 0.3) is 0 Å². The number of thiophene rings is 1. The quantitative estimate of drug-likeness (QED) is 0.678. The van der Waals surface area contributed by atoms with Gasteiger partial charge in [0.1, 0.15) is 0 Å². The number of nitrogens with one attached hydrogen (secondary N) is 1. The molecule has 0 saturated heterocycles. The Hall–Kier alpha value is -0.290. The zero-order chi connectivity index (χ0) is 13.4. The first-order valence-corrected chi connectivity index (χ1v) is 8.35. The number of anilines is 1. The third kappa shape index (κ3) is 2.92. The fourth-order valence-corrected chi connectivity index (χ4v) is 4.26. The summed E-state index contributed by atoms with van der Waals surface area (Å²) < 4.78 is 1.77. The van der Waals surface area contributed by atoms with Crippen molar-refractivity contribution in [2.75, 3.05) is 5.32 Å². The highest BCUT2D eigenvalue weighted by molar-refractivity contribution is 9.10. The predicted molar refractivity (Wildman–Crippen MR) is 85.6 cm³/mol. The fourth-order valence-electron chi connectivity index (χ4n) is 2.38. The minimum atomic E-state index is 0.265. The maximum Gasteiger partial charge on any atom is 0.152 e. The molecule has 0 saturated carbocycles. The lowest BCUT2D eigenvalue weighted by molar-refractivity contribution is 0.608. The van der Waals surface area contributed by atoms with Gasteiger partial charge >= 0.3 is 0 Å². The van der Waals surface area contributed by atoms with Crippen molar-refractivity contribution < 1.29 is 0 Å². The SMILES string of the molecule is Clc1cc2c(s1)CCCC2Nc1cc(Br)cnc1Cl. The topological polar surface area (TPSA) is 24.9 Å². The second kappa shape index (κ2) is 5.60. The van der Waals surface area contributed by atoms with Crippen molar-refractivity contribution in [2.24, 2.45) is 0 Å². The molecule has 1 aliphatic rings. The molecule has 6 heteroatoms. The minimum Gasteiger partial charge on any atom is -0.376 e. The van der Waals surface area contributed by atoms with Crippen LogP contribution < -0.4 is 5.32 Å². The standard InChI is InChI=1S/C13H11BrCl2N2S/c14-7-4-10(13(16)17-6-7)18-9-2-1-3-11-8(9)5-12(15)19-11/h4-6,9,18H,1-3H2. The van der Waals surface area contributed by atoms with Crippen molar-refractivity contribution in [3.63, 3.8) is 0 Å². The van der Waals surface area contributed by atoms with Crippen LogP contribution in [-0.2, 0) is 6.42 Å². The lowest BCUT2D eigenvalue weighted by atomic mass is 9.94. The van der Waals surface area contributed by atoms with E-state index in [1.165, 1.54) is 16.9 Å². The second-order valence-electron chi connectivity index (χ2n) is 4.51. The molecule has 0 amide bonds. The third-order valence-corrected chi connectivity index (χ3v) is 5.29. The van der Waals surface area contributed by atoms with Crippen molar-refractivity contribution in [3.8, 4) is 0 Å². The van der Waals surface area contributed by atoms with Gasteiger partial charge in [-0.25, -0.2) is 4.98 Å². The Balaban J connectivity index is 1.90. The summed E-state index contributed by atoms with van der Waals surface area (Å²) in [5, 5.41) is 3.98. The summed E-state index contributed by atoms with van der Waals surface area (Å²) >= 11 is 17.3. The van der Waals surface area contributed by atoms with E-state index in [1.807, 2.05) is 6.07 Å². The Morgan fingerprint density at radius 3 is 3.05 bits per heavy atom. The first-order chi connectivity index (χ1) is 9.13. The number of halogens is 3. The third-order valence-electron chi connectivity index (χ3n) is 3.22. The summed E-state index contributed by atoms with van der Waals surface area (Å²) in [5.74, 6) is 0. The highest BCUT2D eigenvalue weighted by Gasteiger charge is 2.23. The Labute approximate surface area is 134 Å². The molecule has 100 valence electrons. The molecule has 0 radical (unpaired) electrons. The summed E-state index contributed by atoms with van der Waals surface area (Å²) in [5.41, 5.74) is 2.16. The number of fused-ring (bicyclic) bond motifs is 1. The molecule has 0 fully saturated rings. The average molecular weight is 378 g/mol. The molecule has 1 N–H and O–H groups in total. The molecule has 0 spiro atoms. The van der Waals surface area contributed by atoms with Crippen molar-refractivity contribution in [2.45, 2.75) is 25.3 Å². The van der Waals surface area contributed by atoms with Gasteiger partial charge < -0.3 is 5.32 Å². The Morgan fingerprint density at radius 1 is 1.37 bits per heavy atom. The first-order valence-electron chi connectivity index (χ1n) is 5.99. The summed E-state index contributed by atoms with van der Waals surface area (Å²) in [6.45, 7) is 0. The number of rotatable bonds is 2. The summed E-state index contributed by atoms with van der Waals surface area (Å²) in [6.07, 6.45) is 5.07. The predicted octanol–water partition coefficient (Wildman–Crippen LogP) is 5.70. The number of pyridine rings is 1. The summed E-state index contributed by atoms with van der Waals surface area (Å²) in [6, 6.07) is 4.29. The highest BCUT2D eigenvalue weighted by Crippen LogP contribution is 2.40. The van der Waals surface area contributed by atoms with Gasteiger partial charge in [0.05, 0.1) is 16.1 Å². The molecular weight excluding hydrogens is 367 g/mol. The van der Waals surface area contributed by atoms with Crippen LogP contribution in [0, 0.1) is 0 Å². The Bertz CT molecular complexity index is 615. The summed E-state index contributed by atoms with van der Waals surface area (Å²) in [7, 11) is 0. The number of aryl methyl sites for hydroxylation is 1. The van der Waals surface area contributed by atoms with Crippen LogP contribution in [0.1, 0.15) is 29.3 Å². The number of hydrogen-bond donors (Lipinski definition) is 1. The van der Waals surface area contributed by atoms with E-state index in [2.05, 4.69) is 32.3 Å². The van der Waals surface area contributed by atoms with Gasteiger partial charge in [-0.15, -0.1) is 11.3 Å². The lowest BCUT2D eigenvalue weighted by Gasteiger charge is -2.25. The van der Waals surface area contributed by atoms with Crippen LogP contribution in [0.4, 0.5) is 5.69 Å². The largest absolute Gasteiger partial charge is 0.376 e. The zero-order valence-corrected chi connectivity index (χ0v) is 13.8. The molecule has 0 aliphatic heterocycles. The molecule has 2 heterocycles. The minimum absolute atomic E-state index is 0.265. The van der Waals surface area contributed by atoms with Gasteiger partial charge in [-0.05, 0) is 52.9 Å². The van der Waals surface area contributed by atoms with Crippen molar-refractivity contribution in [1.82, 2.24) is 4.98 Å². The zero-order valence-electron chi connectivity index (χ0n) is 9.92. The van der Waals surface area contributed by atoms with Crippen LogP contribution in [0.2, 0.25) is 9.49 Å². The van der Waals surface area contributed by atoms with E-state index in [0.717, 1.165) is 27.3 Å². The van der Waals surface area contributed by atoms with Crippen LogP contribution >= 0.6 is 50.5 Å². The molecule has 1 atom stereocenters. The second-order valence-corrected chi connectivity index (χ2v) is 7.55.